The van der Waals surface area contributed by atoms with E-state index in [-0.39, 0.29) is 5.75 Å². The van der Waals surface area contributed by atoms with Crippen LogP contribution in [0.5, 0.6) is 17.2 Å². The lowest BCUT2D eigenvalue weighted by atomic mass is 9.94. The molecule has 0 atom stereocenters. The maximum absolute atomic E-state index is 10.1. The molecule has 0 amide bonds. The first-order chi connectivity index (χ1) is 9.70. The largest absolute Gasteiger partial charge is 0.507 e. The van der Waals surface area contributed by atoms with Gasteiger partial charge in [-0.1, -0.05) is 12.1 Å². The van der Waals surface area contributed by atoms with Gasteiger partial charge in [0.1, 0.15) is 23.9 Å². The highest BCUT2D eigenvalue weighted by Gasteiger charge is 2.21. The Hall–Kier alpha value is -1.94. The molecule has 0 unspecified atom stereocenters. The lowest BCUT2D eigenvalue weighted by Crippen LogP contribution is -2.06. The number of halogens is 1. The average molecular weight is 333 g/mol. The molecule has 1 N–H and O–H groups in total. The number of hydrogen-bond donors (Lipinski definition) is 1. The zero-order valence-electron chi connectivity index (χ0n) is 10.9. The third-order valence-corrected chi connectivity index (χ3v) is 3.90. The number of aromatic hydroxyl groups is 1. The van der Waals surface area contributed by atoms with Gasteiger partial charge in [-0.25, -0.2) is 0 Å². The highest BCUT2D eigenvalue weighted by Crippen LogP contribution is 2.44. The van der Waals surface area contributed by atoms with E-state index in [1.54, 1.807) is 19.2 Å². The van der Waals surface area contributed by atoms with Crippen LogP contribution in [0, 0.1) is 0 Å². The number of benzene rings is 2. The number of methoxy groups -OCH3 is 1. The van der Waals surface area contributed by atoms with Crippen LogP contribution in [0.2, 0.25) is 0 Å². The minimum absolute atomic E-state index is 0.213. The minimum Gasteiger partial charge on any atom is -0.507 e. The van der Waals surface area contributed by atoms with Crippen LogP contribution in [-0.2, 0) is 0 Å². The molecule has 0 aromatic heterocycles. The molecule has 2 aromatic carbocycles. The van der Waals surface area contributed by atoms with Crippen molar-refractivity contribution in [1.29, 1.82) is 0 Å². The van der Waals surface area contributed by atoms with E-state index >= 15 is 0 Å². The Labute approximate surface area is 125 Å². The van der Waals surface area contributed by atoms with Gasteiger partial charge < -0.3 is 14.6 Å². The zero-order chi connectivity index (χ0) is 14.1. The SMILES string of the molecule is COc1ccc(C2=CCOc3c(Br)ccc(O)c32)cc1. The van der Waals surface area contributed by atoms with Crippen LogP contribution in [-0.4, -0.2) is 18.8 Å². The summed E-state index contributed by atoms with van der Waals surface area (Å²) in [5.74, 6) is 1.70. The van der Waals surface area contributed by atoms with Crippen LogP contribution in [0.3, 0.4) is 0 Å². The summed E-state index contributed by atoms with van der Waals surface area (Å²) in [6.45, 7) is 0.483. The van der Waals surface area contributed by atoms with Gasteiger partial charge in [0, 0.05) is 0 Å². The number of hydrogen-bond acceptors (Lipinski definition) is 3. The van der Waals surface area contributed by atoms with Crippen molar-refractivity contribution in [3.8, 4) is 17.2 Å². The molecule has 4 heteroatoms. The van der Waals surface area contributed by atoms with Crippen LogP contribution in [0.25, 0.3) is 5.57 Å². The molecule has 0 fully saturated rings. The molecule has 0 spiro atoms. The van der Waals surface area contributed by atoms with Gasteiger partial charge in [-0.05, 0) is 57.4 Å². The van der Waals surface area contributed by atoms with Crippen molar-refractivity contribution >= 4 is 21.5 Å². The molecule has 0 radical (unpaired) electrons. The standard InChI is InChI=1S/C16H13BrO3/c1-19-11-4-2-10(3-5-11)12-8-9-20-16-13(17)6-7-14(18)15(12)16/h2-8,18H,9H2,1H3. The molecule has 0 saturated heterocycles. The van der Waals surface area contributed by atoms with Crippen LogP contribution < -0.4 is 9.47 Å². The highest BCUT2D eigenvalue weighted by molar-refractivity contribution is 9.10. The summed E-state index contributed by atoms with van der Waals surface area (Å²) >= 11 is 3.46. The van der Waals surface area contributed by atoms with Gasteiger partial charge in [-0.3, -0.25) is 0 Å². The van der Waals surface area contributed by atoms with Gasteiger partial charge in [-0.2, -0.15) is 0 Å². The molecule has 0 bridgehead atoms. The molecule has 1 aliphatic rings. The molecule has 2 aromatic rings. The first-order valence-corrected chi connectivity index (χ1v) is 6.99. The summed E-state index contributed by atoms with van der Waals surface area (Å²) in [7, 11) is 1.64. The fraction of sp³-hybridized carbons (Fsp3) is 0.125. The first-order valence-electron chi connectivity index (χ1n) is 6.20. The molecule has 102 valence electrons. The molecular weight excluding hydrogens is 320 g/mol. The lowest BCUT2D eigenvalue weighted by Gasteiger charge is -2.21. The van der Waals surface area contributed by atoms with Crippen molar-refractivity contribution in [2.75, 3.05) is 13.7 Å². The van der Waals surface area contributed by atoms with E-state index in [2.05, 4.69) is 15.9 Å². The third-order valence-electron chi connectivity index (χ3n) is 3.27. The van der Waals surface area contributed by atoms with Gasteiger partial charge in [0.25, 0.3) is 0 Å². The van der Waals surface area contributed by atoms with Gasteiger partial charge in [-0.15, -0.1) is 0 Å². The molecule has 3 nitrogen and oxygen atoms in total. The van der Waals surface area contributed by atoms with E-state index in [0.29, 0.717) is 12.4 Å². The Morgan fingerprint density at radius 1 is 1.15 bits per heavy atom. The number of rotatable bonds is 2. The van der Waals surface area contributed by atoms with E-state index in [9.17, 15) is 5.11 Å². The number of fused-ring (bicyclic) bond motifs is 1. The molecule has 3 rings (SSSR count). The first kappa shape index (κ1) is 13.1. The maximum atomic E-state index is 10.1. The second-order valence-corrected chi connectivity index (χ2v) is 5.28. The summed E-state index contributed by atoms with van der Waals surface area (Å²) in [6.07, 6.45) is 1.97. The van der Waals surface area contributed by atoms with Crippen molar-refractivity contribution in [3.63, 3.8) is 0 Å². The number of phenolic OH excluding ortho intramolecular Hbond substituents is 1. The average Bonchev–Trinajstić information content (AvgIpc) is 2.51. The Balaban J connectivity index is 2.12. The molecule has 1 heterocycles. The third kappa shape index (κ3) is 2.16. The summed E-state index contributed by atoms with van der Waals surface area (Å²) in [5.41, 5.74) is 2.70. The molecule has 0 saturated carbocycles. The Kier molecular flexibility index (Phi) is 3.40. The van der Waals surface area contributed by atoms with Gasteiger partial charge in [0.15, 0.2) is 0 Å². The second kappa shape index (κ2) is 5.21. The Bertz CT molecular complexity index is 675. The molecule has 0 aliphatic carbocycles. The minimum atomic E-state index is 0.213. The Morgan fingerprint density at radius 2 is 1.90 bits per heavy atom. The highest BCUT2D eigenvalue weighted by atomic mass is 79.9. The van der Waals surface area contributed by atoms with Crippen molar-refractivity contribution in [3.05, 3.63) is 58.1 Å². The van der Waals surface area contributed by atoms with Crippen molar-refractivity contribution in [2.45, 2.75) is 0 Å². The lowest BCUT2D eigenvalue weighted by molar-refractivity contribution is 0.351. The van der Waals surface area contributed by atoms with Gasteiger partial charge in [0.2, 0.25) is 0 Å². The van der Waals surface area contributed by atoms with Crippen molar-refractivity contribution < 1.29 is 14.6 Å². The summed E-state index contributed by atoms with van der Waals surface area (Å²) in [6, 6.07) is 11.2. The molecule has 1 aliphatic heterocycles. The molecular formula is C16H13BrO3. The van der Waals surface area contributed by atoms with E-state index < -0.39 is 0 Å². The topological polar surface area (TPSA) is 38.7 Å². The maximum Gasteiger partial charge on any atom is 0.145 e. The van der Waals surface area contributed by atoms with Crippen molar-refractivity contribution in [2.24, 2.45) is 0 Å². The Morgan fingerprint density at radius 3 is 2.60 bits per heavy atom. The van der Waals surface area contributed by atoms with Crippen LogP contribution in [0.15, 0.2) is 46.9 Å². The van der Waals surface area contributed by atoms with Gasteiger partial charge >= 0.3 is 0 Å². The van der Waals surface area contributed by atoms with Crippen molar-refractivity contribution in [1.82, 2.24) is 0 Å². The summed E-state index contributed by atoms with van der Waals surface area (Å²) < 4.78 is 11.6. The smallest absolute Gasteiger partial charge is 0.145 e. The quantitative estimate of drug-likeness (QED) is 0.903. The van der Waals surface area contributed by atoms with Crippen LogP contribution >= 0.6 is 15.9 Å². The predicted octanol–water partition coefficient (Wildman–Crippen LogP) is 3.99. The summed E-state index contributed by atoms with van der Waals surface area (Å²) in [4.78, 5) is 0. The van der Waals surface area contributed by atoms with Crippen LogP contribution in [0.4, 0.5) is 0 Å². The van der Waals surface area contributed by atoms with E-state index in [0.717, 1.165) is 26.9 Å². The van der Waals surface area contributed by atoms with E-state index in [1.165, 1.54) is 0 Å². The zero-order valence-corrected chi connectivity index (χ0v) is 12.5. The van der Waals surface area contributed by atoms with E-state index in [4.69, 9.17) is 9.47 Å². The second-order valence-electron chi connectivity index (χ2n) is 4.43. The predicted molar refractivity (Wildman–Crippen MR) is 81.4 cm³/mol. The number of phenols is 1. The number of ether oxygens (including phenoxy) is 2. The monoisotopic (exact) mass is 332 g/mol. The normalized spacial score (nSPS) is 13.2. The molecule has 20 heavy (non-hydrogen) atoms. The fourth-order valence-corrected chi connectivity index (χ4v) is 2.74. The summed E-state index contributed by atoms with van der Waals surface area (Å²) in [5, 5.41) is 10.1. The van der Waals surface area contributed by atoms with Crippen LogP contribution in [0.1, 0.15) is 11.1 Å². The fourth-order valence-electron chi connectivity index (χ4n) is 2.29. The van der Waals surface area contributed by atoms with E-state index in [1.807, 2.05) is 30.3 Å². The van der Waals surface area contributed by atoms with Gasteiger partial charge in [0.05, 0.1) is 17.1 Å².